The Morgan fingerprint density at radius 3 is 2.59 bits per heavy atom. The molecule has 27 heavy (non-hydrogen) atoms. The Kier molecular flexibility index (Phi) is 4.55. The first-order chi connectivity index (χ1) is 12.7. The number of aliphatic hydroxyl groups excluding tert-OH is 1. The van der Waals surface area contributed by atoms with Crippen LogP contribution in [0.25, 0.3) is 0 Å². The summed E-state index contributed by atoms with van der Waals surface area (Å²) in [6.07, 6.45) is 9.89. The third-order valence-corrected chi connectivity index (χ3v) is 9.56. The van der Waals surface area contributed by atoms with Crippen LogP contribution >= 0.6 is 0 Å². The third-order valence-electron chi connectivity index (χ3n) is 9.56. The summed E-state index contributed by atoms with van der Waals surface area (Å²) in [5, 5.41) is 21.8. The van der Waals surface area contributed by atoms with E-state index in [1.807, 2.05) is 6.92 Å². The van der Waals surface area contributed by atoms with Crippen LogP contribution in [0, 0.1) is 34.5 Å². The van der Waals surface area contributed by atoms with E-state index in [2.05, 4.69) is 19.9 Å². The van der Waals surface area contributed by atoms with Gasteiger partial charge in [0.1, 0.15) is 0 Å². The Bertz CT molecular complexity index is 657. The van der Waals surface area contributed by atoms with Crippen LogP contribution in [0.1, 0.15) is 72.1 Å². The average molecular weight is 377 g/mol. The van der Waals surface area contributed by atoms with Gasteiger partial charge in [0.2, 0.25) is 0 Å². The van der Waals surface area contributed by atoms with Gasteiger partial charge >= 0.3 is 5.97 Å². The highest BCUT2D eigenvalue weighted by molar-refractivity contribution is 5.73. The number of ether oxygens (including phenoxy) is 1. The van der Waals surface area contributed by atoms with Crippen molar-refractivity contribution >= 4 is 5.97 Å². The molecule has 2 N–H and O–H groups in total. The quantitative estimate of drug-likeness (QED) is 0.567. The van der Waals surface area contributed by atoms with Crippen LogP contribution in [0.2, 0.25) is 0 Å². The number of hydrogen-bond donors (Lipinski definition) is 2. The normalized spacial score (nSPS) is 50.1. The molecule has 0 aliphatic heterocycles. The number of esters is 1. The first kappa shape index (κ1) is 19.4. The van der Waals surface area contributed by atoms with Crippen molar-refractivity contribution in [2.75, 3.05) is 7.11 Å². The predicted octanol–water partition coefficient (Wildman–Crippen LogP) is 3.85. The van der Waals surface area contributed by atoms with Gasteiger partial charge in [0.25, 0.3) is 0 Å². The lowest BCUT2D eigenvalue weighted by atomic mass is 9.46. The second-order valence-corrected chi connectivity index (χ2v) is 10.3. The second-order valence-electron chi connectivity index (χ2n) is 10.3. The largest absolute Gasteiger partial charge is 0.469 e. The minimum atomic E-state index is -0.969. The van der Waals surface area contributed by atoms with E-state index in [1.165, 1.54) is 12.7 Å². The van der Waals surface area contributed by atoms with Crippen LogP contribution < -0.4 is 0 Å². The number of carbonyl (C=O) groups excluding carboxylic acids is 1. The van der Waals surface area contributed by atoms with Gasteiger partial charge in [-0.15, -0.1) is 0 Å². The maximum Gasteiger partial charge on any atom is 0.311 e. The predicted molar refractivity (Wildman–Crippen MR) is 104 cm³/mol. The zero-order chi connectivity index (χ0) is 19.6. The Hall–Kier alpha value is -0.870. The van der Waals surface area contributed by atoms with Crippen molar-refractivity contribution in [2.24, 2.45) is 34.5 Å². The fourth-order valence-electron chi connectivity index (χ4n) is 7.78. The molecule has 3 saturated carbocycles. The van der Waals surface area contributed by atoms with Crippen molar-refractivity contribution < 1.29 is 19.7 Å². The third kappa shape index (κ3) is 2.51. The topological polar surface area (TPSA) is 66.8 Å². The summed E-state index contributed by atoms with van der Waals surface area (Å²) in [4.78, 5) is 12.3. The molecule has 4 aliphatic rings. The monoisotopic (exact) mass is 376 g/mol. The molecule has 0 aromatic heterocycles. The summed E-state index contributed by atoms with van der Waals surface area (Å²) >= 11 is 0. The van der Waals surface area contributed by atoms with E-state index < -0.39 is 11.5 Å². The Morgan fingerprint density at radius 1 is 1.19 bits per heavy atom. The SMILES string of the molecule is COC(=O)[C@H](C)[C@]1(O)CC[C@@H]2[C@@H]3CC=C4C[C@H](O)CC[C@]4(C)[C@@H]3CC[C@]21C. The van der Waals surface area contributed by atoms with Crippen LogP contribution in [0.15, 0.2) is 11.6 Å². The van der Waals surface area contributed by atoms with E-state index in [4.69, 9.17) is 4.74 Å². The molecule has 4 nitrogen and oxygen atoms in total. The molecule has 0 unspecified atom stereocenters. The summed E-state index contributed by atoms with van der Waals surface area (Å²) < 4.78 is 4.99. The van der Waals surface area contributed by atoms with Crippen LogP contribution in [0.5, 0.6) is 0 Å². The highest BCUT2D eigenvalue weighted by Crippen LogP contribution is 2.68. The van der Waals surface area contributed by atoms with Crippen molar-refractivity contribution in [3.05, 3.63) is 11.6 Å². The molecule has 0 aromatic rings. The number of fused-ring (bicyclic) bond motifs is 5. The minimum Gasteiger partial charge on any atom is -0.469 e. The number of hydrogen-bond acceptors (Lipinski definition) is 4. The molecule has 0 aromatic carbocycles. The van der Waals surface area contributed by atoms with Crippen LogP contribution in [0.4, 0.5) is 0 Å². The summed E-state index contributed by atoms with van der Waals surface area (Å²) in [6, 6.07) is 0. The Morgan fingerprint density at radius 2 is 1.89 bits per heavy atom. The van der Waals surface area contributed by atoms with E-state index in [0.29, 0.717) is 24.2 Å². The van der Waals surface area contributed by atoms with Gasteiger partial charge in [-0.2, -0.15) is 0 Å². The standard InChI is InChI=1S/C23H36O4/c1-14(20(25)27-4)23(26)12-9-19-17-6-5-15-13-16(24)7-10-21(15,2)18(17)8-11-22(19,23)3/h5,14,16-19,24,26H,6-13H2,1-4H3/t14-,16+,17+,18+,19+,21-,22+,23+/m0/s1. The Labute approximate surface area is 163 Å². The molecule has 3 fully saturated rings. The van der Waals surface area contributed by atoms with Crippen LogP contribution in [-0.2, 0) is 9.53 Å². The molecule has 4 aliphatic carbocycles. The first-order valence-electron chi connectivity index (χ1n) is 10.8. The van der Waals surface area contributed by atoms with Gasteiger partial charge in [-0.1, -0.05) is 25.5 Å². The number of aliphatic hydroxyl groups is 2. The molecule has 0 radical (unpaired) electrons. The van der Waals surface area contributed by atoms with Gasteiger partial charge in [0, 0.05) is 5.41 Å². The van der Waals surface area contributed by atoms with Crippen molar-refractivity contribution in [1.29, 1.82) is 0 Å². The van der Waals surface area contributed by atoms with Crippen molar-refractivity contribution in [3.63, 3.8) is 0 Å². The smallest absolute Gasteiger partial charge is 0.311 e. The second kappa shape index (κ2) is 6.32. The summed E-state index contributed by atoms with van der Waals surface area (Å²) in [5.74, 6) is 0.894. The van der Waals surface area contributed by atoms with E-state index in [1.54, 1.807) is 0 Å². The van der Waals surface area contributed by atoms with Gasteiger partial charge in [0.15, 0.2) is 0 Å². The highest BCUT2D eigenvalue weighted by Gasteiger charge is 2.66. The molecule has 4 heteroatoms. The molecule has 0 spiro atoms. The van der Waals surface area contributed by atoms with E-state index in [-0.39, 0.29) is 22.9 Å². The number of methoxy groups -OCH3 is 1. The lowest BCUT2D eigenvalue weighted by Crippen LogP contribution is -2.57. The summed E-state index contributed by atoms with van der Waals surface area (Å²) in [7, 11) is 1.42. The molecule has 4 rings (SSSR count). The highest BCUT2D eigenvalue weighted by atomic mass is 16.5. The van der Waals surface area contributed by atoms with Gasteiger partial charge in [-0.25, -0.2) is 0 Å². The van der Waals surface area contributed by atoms with E-state index in [0.717, 1.165) is 44.9 Å². The van der Waals surface area contributed by atoms with Gasteiger partial charge in [-0.3, -0.25) is 4.79 Å². The van der Waals surface area contributed by atoms with Crippen LogP contribution in [0.3, 0.4) is 0 Å². The molecule has 0 amide bonds. The van der Waals surface area contributed by atoms with Crippen molar-refractivity contribution in [2.45, 2.75) is 83.8 Å². The first-order valence-corrected chi connectivity index (χ1v) is 10.8. The summed E-state index contributed by atoms with van der Waals surface area (Å²) in [5.41, 5.74) is 0.487. The fraction of sp³-hybridized carbons (Fsp3) is 0.870. The van der Waals surface area contributed by atoms with E-state index in [9.17, 15) is 15.0 Å². The minimum absolute atomic E-state index is 0.174. The maximum atomic E-state index is 12.3. The molecule has 0 heterocycles. The lowest BCUT2D eigenvalue weighted by molar-refractivity contribution is -0.177. The molecular formula is C23H36O4. The fourth-order valence-corrected chi connectivity index (χ4v) is 7.78. The molecule has 152 valence electrons. The van der Waals surface area contributed by atoms with Crippen molar-refractivity contribution in [1.82, 2.24) is 0 Å². The lowest BCUT2D eigenvalue weighted by Gasteiger charge is -2.59. The Balaban J connectivity index is 1.65. The number of carbonyl (C=O) groups is 1. The molecule has 8 atom stereocenters. The molecule has 0 bridgehead atoms. The van der Waals surface area contributed by atoms with Gasteiger partial charge in [0.05, 0.1) is 24.7 Å². The molecular weight excluding hydrogens is 340 g/mol. The summed E-state index contributed by atoms with van der Waals surface area (Å²) in [6.45, 7) is 6.49. The maximum absolute atomic E-state index is 12.3. The number of allylic oxidation sites excluding steroid dienone is 1. The average Bonchev–Trinajstić information content (AvgIpc) is 2.93. The zero-order valence-corrected chi connectivity index (χ0v) is 17.3. The molecule has 0 saturated heterocycles. The van der Waals surface area contributed by atoms with Gasteiger partial charge < -0.3 is 14.9 Å². The van der Waals surface area contributed by atoms with Crippen molar-refractivity contribution in [3.8, 4) is 0 Å². The number of rotatable bonds is 2. The van der Waals surface area contributed by atoms with Gasteiger partial charge in [-0.05, 0) is 81.5 Å². The zero-order valence-electron chi connectivity index (χ0n) is 17.3. The van der Waals surface area contributed by atoms with E-state index >= 15 is 0 Å². The van der Waals surface area contributed by atoms with Crippen LogP contribution in [-0.4, -0.2) is 35.0 Å².